The number of thiocarbonyl (C=S) groups is 1. The molecule has 1 heterocycles. The maximum absolute atomic E-state index is 5.58. The van der Waals surface area contributed by atoms with Gasteiger partial charge >= 0.3 is 0 Å². The average Bonchev–Trinajstić information content (AvgIpc) is 2.66. The van der Waals surface area contributed by atoms with Crippen LogP contribution in [-0.2, 0) is 0 Å². The van der Waals surface area contributed by atoms with Crippen LogP contribution in [0, 0.1) is 5.92 Å². The highest BCUT2D eigenvalue weighted by atomic mass is 32.1. The van der Waals surface area contributed by atoms with Gasteiger partial charge in [-0.15, -0.1) is 11.3 Å². The Morgan fingerprint density at radius 3 is 2.93 bits per heavy atom. The molecular weight excluding hydrogens is 214 g/mol. The third kappa shape index (κ3) is 2.92. The van der Waals surface area contributed by atoms with E-state index in [0.717, 1.165) is 18.2 Å². The van der Waals surface area contributed by atoms with Crippen molar-refractivity contribution in [1.82, 2.24) is 4.98 Å². The molecule has 1 unspecified atom stereocenters. The number of aromatic nitrogens is 1. The van der Waals surface area contributed by atoms with Gasteiger partial charge in [-0.2, -0.15) is 0 Å². The summed E-state index contributed by atoms with van der Waals surface area (Å²) < 4.78 is 0. The first-order valence-corrected chi connectivity index (χ1v) is 5.87. The van der Waals surface area contributed by atoms with Gasteiger partial charge in [-0.25, -0.2) is 4.98 Å². The van der Waals surface area contributed by atoms with E-state index in [1.165, 1.54) is 0 Å². The van der Waals surface area contributed by atoms with Crippen LogP contribution in [0.25, 0.3) is 0 Å². The normalized spacial score (nSPS) is 12.4. The quantitative estimate of drug-likeness (QED) is 0.783. The summed E-state index contributed by atoms with van der Waals surface area (Å²) in [5.41, 5.74) is 5.58. The number of hydrogen-bond donors (Lipinski definition) is 1. The third-order valence-corrected chi connectivity index (χ3v) is 3.29. The number of anilines is 1. The first kappa shape index (κ1) is 11.4. The molecule has 0 saturated heterocycles. The van der Waals surface area contributed by atoms with Gasteiger partial charge in [-0.05, 0) is 6.92 Å². The molecule has 2 N–H and O–H groups in total. The van der Waals surface area contributed by atoms with Crippen molar-refractivity contribution in [3.05, 3.63) is 11.6 Å². The zero-order valence-electron chi connectivity index (χ0n) is 8.43. The van der Waals surface area contributed by atoms with Gasteiger partial charge in [0.15, 0.2) is 5.13 Å². The van der Waals surface area contributed by atoms with Crippen LogP contribution in [0.5, 0.6) is 0 Å². The van der Waals surface area contributed by atoms with Gasteiger partial charge in [0.05, 0.1) is 4.99 Å². The van der Waals surface area contributed by atoms with E-state index in [1.807, 2.05) is 18.5 Å². The van der Waals surface area contributed by atoms with Crippen molar-refractivity contribution < 1.29 is 0 Å². The number of nitrogens with zero attached hydrogens (tertiary/aromatic N) is 2. The van der Waals surface area contributed by atoms with Crippen LogP contribution in [0.2, 0.25) is 0 Å². The average molecular weight is 229 g/mol. The molecular formula is C9H15N3S2. The predicted octanol–water partition coefficient (Wildman–Crippen LogP) is 1.89. The summed E-state index contributed by atoms with van der Waals surface area (Å²) in [4.78, 5) is 7.02. The second kappa shape index (κ2) is 5.26. The molecule has 0 aliphatic heterocycles. The molecule has 1 rings (SSSR count). The lowest BCUT2D eigenvalue weighted by atomic mass is 10.2. The molecule has 0 radical (unpaired) electrons. The van der Waals surface area contributed by atoms with Crippen LogP contribution in [0.1, 0.15) is 13.8 Å². The summed E-state index contributed by atoms with van der Waals surface area (Å²) in [6.45, 7) is 5.92. The first-order valence-electron chi connectivity index (χ1n) is 4.59. The van der Waals surface area contributed by atoms with Crippen molar-refractivity contribution in [2.45, 2.75) is 13.8 Å². The van der Waals surface area contributed by atoms with E-state index in [1.54, 1.807) is 11.3 Å². The Bertz CT molecular complexity index is 284. The molecule has 0 aliphatic rings. The van der Waals surface area contributed by atoms with Crippen LogP contribution in [0.3, 0.4) is 0 Å². The van der Waals surface area contributed by atoms with E-state index in [4.69, 9.17) is 18.0 Å². The minimum absolute atomic E-state index is 0.230. The monoisotopic (exact) mass is 229 g/mol. The summed E-state index contributed by atoms with van der Waals surface area (Å²) in [6, 6.07) is 0. The Kier molecular flexibility index (Phi) is 4.28. The number of hydrogen-bond acceptors (Lipinski definition) is 4. The highest BCUT2D eigenvalue weighted by Gasteiger charge is 2.12. The van der Waals surface area contributed by atoms with Crippen molar-refractivity contribution in [2.75, 3.05) is 18.0 Å². The van der Waals surface area contributed by atoms with Crippen molar-refractivity contribution in [3.8, 4) is 0 Å². The number of thiazole rings is 1. The first-order chi connectivity index (χ1) is 6.65. The zero-order valence-corrected chi connectivity index (χ0v) is 10.1. The molecule has 0 aromatic carbocycles. The second-order valence-electron chi connectivity index (χ2n) is 3.16. The van der Waals surface area contributed by atoms with Crippen LogP contribution in [0.4, 0.5) is 5.13 Å². The Balaban J connectivity index is 2.60. The Labute approximate surface area is 93.9 Å². The fraction of sp³-hybridized carbons (Fsp3) is 0.556. The highest BCUT2D eigenvalue weighted by Crippen LogP contribution is 2.18. The van der Waals surface area contributed by atoms with Gasteiger partial charge in [0.25, 0.3) is 0 Å². The van der Waals surface area contributed by atoms with E-state index in [0.29, 0.717) is 4.99 Å². The molecule has 0 bridgehead atoms. The maximum atomic E-state index is 5.58. The molecule has 78 valence electrons. The van der Waals surface area contributed by atoms with Crippen LogP contribution in [0.15, 0.2) is 11.6 Å². The summed E-state index contributed by atoms with van der Waals surface area (Å²) in [6.07, 6.45) is 1.81. The SMILES string of the molecule is CCN(CC(C)C(N)=S)c1nccs1. The lowest BCUT2D eigenvalue weighted by Crippen LogP contribution is -2.33. The predicted molar refractivity (Wildman–Crippen MR) is 66.0 cm³/mol. The minimum Gasteiger partial charge on any atom is -0.393 e. The minimum atomic E-state index is 0.230. The van der Waals surface area contributed by atoms with Gasteiger partial charge in [0.2, 0.25) is 0 Å². The van der Waals surface area contributed by atoms with E-state index < -0.39 is 0 Å². The van der Waals surface area contributed by atoms with E-state index >= 15 is 0 Å². The van der Waals surface area contributed by atoms with E-state index in [-0.39, 0.29) is 5.92 Å². The van der Waals surface area contributed by atoms with Crippen molar-refractivity contribution in [3.63, 3.8) is 0 Å². The molecule has 1 aromatic rings. The molecule has 1 aromatic heterocycles. The zero-order chi connectivity index (χ0) is 10.6. The summed E-state index contributed by atoms with van der Waals surface area (Å²) in [5.74, 6) is 0.230. The van der Waals surface area contributed by atoms with Crippen molar-refractivity contribution >= 4 is 33.7 Å². The fourth-order valence-corrected chi connectivity index (χ4v) is 1.93. The maximum Gasteiger partial charge on any atom is 0.185 e. The largest absolute Gasteiger partial charge is 0.393 e. The van der Waals surface area contributed by atoms with Crippen LogP contribution in [-0.4, -0.2) is 23.1 Å². The summed E-state index contributed by atoms with van der Waals surface area (Å²) in [5, 5.41) is 3.01. The van der Waals surface area contributed by atoms with Crippen molar-refractivity contribution in [1.29, 1.82) is 0 Å². The van der Waals surface area contributed by atoms with Gasteiger partial charge in [-0.3, -0.25) is 0 Å². The van der Waals surface area contributed by atoms with Crippen LogP contribution >= 0.6 is 23.6 Å². The smallest absolute Gasteiger partial charge is 0.185 e. The Morgan fingerprint density at radius 2 is 2.50 bits per heavy atom. The van der Waals surface area contributed by atoms with Gasteiger partial charge in [-0.1, -0.05) is 19.1 Å². The van der Waals surface area contributed by atoms with E-state index in [2.05, 4.69) is 16.8 Å². The molecule has 0 saturated carbocycles. The number of nitrogens with two attached hydrogens (primary N) is 1. The topological polar surface area (TPSA) is 42.1 Å². The van der Waals surface area contributed by atoms with E-state index in [9.17, 15) is 0 Å². The molecule has 0 amide bonds. The third-order valence-electron chi connectivity index (χ3n) is 2.05. The molecule has 14 heavy (non-hydrogen) atoms. The van der Waals surface area contributed by atoms with Gasteiger partial charge in [0, 0.05) is 30.6 Å². The van der Waals surface area contributed by atoms with Gasteiger partial charge in [0.1, 0.15) is 0 Å². The second-order valence-corrected chi connectivity index (χ2v) is 4.50. The Morgan fingerprint density at radius 1 is 1.79 bits per heavy atom. The lowest BCUT2D eigenvalue weighted by molar-refractivity contribution is 0.706. The Hall–Kier alpha value is -0.680. The standard InChI is InChI=1S/C9H15N3S2/c1-3-12(6-7(2)8(10)13)9-11-4-5-14-9/h4-5,7H,3,6H2,1-2H3,(H2,10,13). The lowest BCUT2D eigenvalue weighted by Gasteiger charge is -2.23. The highest BCUT2D eigenvalue weighted by molar-refractivity contribution is 7.80. The number of rotatable bonds is 5. The van der Waals surface area contributed by atoms with Gasteiger partial charge < -0.3 is 10.6 Å². The molecule has 0 spiro atoms. The molecule has 0 aliphatic carbocycles. The molecule has 3 nitrogen and oxygen atoms in total. The molecule has 0 fully saturated rings. The summed E-state index contributed by atoms with van der Waals surface area (Å²) in [7, 11) is 0. The summed E-state index contributed by atoms with van der Waals surface area (Å²) >= 11 is 6.59. The fourth-order valence-electron chi connectivity index (χ4n) is 1.14. The van der Waals surface area contributed by atoms with Crippen LogP contribution < -0.4 is 10.6 Å². The van der Waals surface area contributed by atoms with Crippen molar-refractivity contribution in [2.24, 2.45) is 11.7 Å². The molecule has 1 atom stereocenters. The molecule has 5 heteroatoms.